The highest BCUT2D eigenvalue weighted by Crippen LogP contribution is 2.31. The molecule has 4 aromatic rings. The summed E-state index contributed by atoms with van der Waals surface area (Å²) in [4.78, 5) is 18.5. The molecule has 0 atom stereocenters. The summed E-state index contributed by atoms with van der Waals surface area (Å²) in [6.45, 7) is 7.71. The molecule has 0 aliphatic rings. The van der Waals surface area contributed by atoms with Gasteiger partial charge >= 0.3 is 0 Å². The molecule has 31 heavy (non-hydrogen) atoms. The molecule has 0 aliphatic heterocycles. The summed E-state index contributed by atoms with van der Waals surface area (Å²) in [5.74, 6) is 1.37. The lowest BCUT2D eigenvalue weighted by atomic mass is 9.99. The smallest absolute Gasteiger partial charge is 0.262 e. The molecular weight excluding hydrogens is 404 g/mol. The van der Waals surface area contributed by atoms with Crippen LogP contribution in [0.4, 0.5) is 0 Å². The van der Waals surface area contributed by atoms with Crippen LogP contribution in [-0.4, -0.2) is 16.2 Å². The number of rotatable bonds is 8. The van der Waals surface area contributed by atoms with E-state index in [1.165, 1.54) is 22.5 Å². The second-order valence-electron chi connectivity index (χ2n) is 8.22. The van der Waals surface area contributed by atoms with Crippen molar-refractivity contribution in [2.75, 3.05) is 6.61 Å². The minimum atomic E-state index is 0.0358. The summed E-state index contributed by atoms with van der Waals surface area (Å²) < 4.78 is 7.52. The van der Waals surface area contributed by atoms with Crippen molar-refractivity contribution in [1.82, 2.24) is 9.55 Å². The first kappa shape index (κ1) is 21.3. The summed E-state index contributed by atoms with van der Waals surface area (Å²) in [6.07, 6.45) is 3.42. The molecule has 0 unspecified atom stereocenters. The zero-order valence-electron chi connectivity index (χ0n) is 18.3. The lowest BCUT2D eigenvalue weighted by molar-refractivity contribution is 0.303. The van der Waals surface area contributed by atoms with Crippen LogP contribution in [0.3, 0.4) is 0 Å². The first-order valence-electron chi connectivity index (χ1n) is 10.8. The predicted molar refractivity (Wildman–Crippen MR) is 129 cm³/mol. The van der Waals surface area contributed by atoms with Gasteiger partial charge in [-0.05, 0) is 48.9 Å². The van der Waals surface area contributed by atoms with Crippen molar-refractivity contribution >= 4 is 21.6 Å². The van der Waals surface area contributed by atoms with Gasteiger partial charge in [0.25, 0.3) is 5.56 Å². The molecule has 0 saturated heterocycles. The normalized spacial score (nSPS) is 11.4. The number of ether oxygens (including phenoxy) is 1. The Morgan fingerprint density at radius 3 is 2.48 bits per heavy atom. The number of hydrogen-bond donors (Lipinski definition) is 0. The lowest BCUT2D eigenvalue weighted by Crippen LogP contribution is -2.20. The van der Waals surface area contributed by atoms with Gasteiger partial charge in [0.2, 0.25) is 0 Å². The quantitative estimate of drug-likeness (QED) is 0.302. The second-order valence-corrected chi connectivity index (χ2v) is 9.08. The lowest BCUT2D eigenvalue weighted by Gasteiger charge is -2.09. The Kier molecular flexibility index (Phi) is 6.52. The van der Waals surface area contributed by atoms with Crippen LogP contribution in [0.5, 0.6) is 5.75 Å². The highest BCUT2D eigenvalue weighted by atomic mass is 32.1. The molecule has 2 aromatic carbocycles. The number of thiophene rings is 1. The van der Waals surface area contributed by atoms with Crippen molar-refractivity contribution in [3.63, 3.8) is 0 Å². The summed E-state index contributed by atoms with van der Waals surface area (Å²) in [5, 5.41) is 2.77. The van der Waals surface area contributed by atoms with Gasteiger partial charge < -0.3 is 4.74 Å². The van der Waals surface area contributed by atoms with Gasteiger partial charge in [0.15, 0.2) is 0 Å². The van der Waals surface area contributed by atoms with Gasteiger partial charge in [0.05, 0.1) is 18.3 Å². The van der Waals surface area contributed by atoms with Gasteiger partial charge in [-0.3, -0.25) is 9.36 Å². The van der Waals surface area contributed by atoms with E-state index >= 15 is 0 Å². The third-order valence-electron chi connectivity index (χ3n) is 5.53. The zero-order valence-corrected chi connectivity index (χ0v) is 19.1. The minimum absolute atomic E-state index is 0.0358. The first-order valence-corrected chi connectivity index (χ1v) is 11.7. The Labute approximate surface area is 187 Å². The van der Waals surface area contributed by atoms with Crippen molar-refractivity contribution in [3.8, 4) is 16.9 Å². The molecule has 160 valence electrons. The molecule has 0 bridgehead atoms. The summed E-state index contributed by atoms with van der Waals surface area (Å²) in [6, 6.07) is 16.6. The fourth-order valence-corrected chi connectivity index (χ4v) is 4.50. The van der Waals surface area contributed by atoms with E-state index in [-0.39, 0.29) is 5.56 Å². The van der Waals surface area contributed by atoms with E-state index in [4.69, 9.17) is 4.74 Å². The van der Waals surface area contributed by atoms with Crippen molar-refractivity contribution in [1.29, 1.82) is 0 Å². The van der Waals surface area contributed by atoms with Gasteiger partial charge in [-0.25, -0.2) is 4.98 Å². The molecule has 2 aromatic heterocycles. The third kappa shape index (κ3) is 4.88. The van der Waals surface area contributed by atoms with Gasteiger partial charge in [-0.15, -0.1) is 11.3 Å². The number of aromatic nitrogens is 2. The molecular formula is C26H28N2O2S. The number of fused-ring (bicyclic) bond motifs is 1. The van der Waals surface area contributed by atoms with E-state index < -0.39 is 0 Å². The van der Waals surface area contributed by atoms with E-state index in [1.54, 1.807) is 10.9 Å². The summed E-state index contributed by atoms with van der Waals surface area (Å²) in [5.41, 5.74) is 4.60. The Bertz CT molecular complexity index is 1210. The number of benzene rings is 2. The van der Waals surface area contributed by atoms with E-state index in [9.17, 15) is 4.79 Å². The fourth-order valence-electron chi connectivity index (χ4n) is 3.60. The van der Waals surface area contributed by atoms with Crippen LogP contribution in [-0.2, 0) is 6.54 Å². The first-order chi connectivity index (χ1) is 15.0. The van der Waals surface area contributed by atoms with E-state index in [0.717, 1.165) is 39.9 Å². The fraction of sp³-hybridized carbons (Fsp3) is 0.308. The van der Waals surface area contributed by atoms with Crippen LogP contribution in [0, 0.1) is 6.92 Å². The van der Waals surface area contributed by atoms with Crippen molar-refractivity contribution in [2.24, 2.45) is 0 Å². The Hall–Kier alpha value is -2.92. The van der Waals surface area contributed by atoms with Gasteiger partial charge in [0, 0.05) is 17.5 Å². The minimum Gasteiger partial charge on any atom is -0.494 e. The predicted octanol–water partition coefficient (Wildman–Crippen LogP) is 6.42. The molecule has 0 saturated carbocycles. The Morgan fingerprint density at radius 2 is 1.77 bits per heavy atom. The van der Waals surface area contributed by atoms with Crippen molar-refractivity contribution in [2.45, 2.75) is 46.1 Å². The standard InChI is InChI=1S/C26H28N2O2S/c1-18(2)20-8-10-21(11-9-20)23-16-31-25-24(23)26(29)28(17-27-25)14-4-5-15-30-22-12-6-19(3)7-13-22/h6-13,16-18H,4-5,14-15H2,1-3H3. The molecule has 0 aliphatic carbocycles. The maximum absolute atomic E-state index is 13.2. The van der Waals surface area contributed by atoms with Crippen LogP contribution in [0.2, 0.25) is 0 Å². The van der Waals surface area contributed by atoms with Gasteiger partial charge in [-0.2, -0.15) is 0 Å². The topological polar surface area (TPSA) is 44.1 Å². The van der Waals surface area contributed by atoms with Gasteiger partial charge in [0.1, 0.15) is 10.6 Å². The van der Waals surface area contributed by atoms with Crippen LogP contribution < -0.4 is 10.3 Å². The van der Waals surface area contributed by atoms with Gasteiger partial charge in [-0.1, -0.05) is 55.8 Å². The number of hydrogen-bond acceptors (Lipinski definition) is 4. The highest BCUT2D eigenvalue weighted by Gasteiger charge is 2.13. The summed E-state index contributed by atoms with van der Waals surface area (Å²) in [7, 11) is 0. The molecule has 5 heteroatoms. The molecule has 0 N–H and O–H groups in total. The largest absolute Gasteiger partial charge is 0.494 e. The Morgan fingerprint density at radius 1 is 1.03 bits per heavy atom. The maximum atomic E-state index is 13.2. The molecule has 0 radical (unpaired) electrons. The molecule has 2 heterocycles. The molecule has 4 rings (SSSR count). The average molecular weight is 433 g/mol. The summed E-state index contributed by atoms with van der Waals surface area (Å²) >= 11 is 1.53. The molecule has 0 fully saturated rings. The Balaban J connectivity index is 1.44. The highest BCUT2D eigenvalue weighted by molar-refractivity contribution is 7.17. The van der Waals surface area contributed by atoms with Crippen LogP contribution in [0.25, 0.3) is 21.3 Å². The van der Waals surface area contributed by atoms with E-state index in [1.807, 2.05) is 29.6 Å². The number of unbranched alkanes of at least 4 members (excludes halogenated alkanes) is 1. The van der Waals surface area contributed by atoms with Crippen LogP contribution >= 0.6 is 11.3 Å². The van der Waals surface area contributed by atoms with Crippen LogP contribution in [0.15, 0.2) is 65.0 Å². The molecule has 0 spiro atoms. The third-order valence-corrected chi connectivity index (χ3v) is 6.42. The number of nitrogens with zero attached hydrogens (tertiary/aromatic N) is 2. The number of aryl methyl sites for hydroxylation is 2. The molecule has 0 amide bonds. The van der Waals surface area contributed by atoms with Crippen LogP contribution in [0.1, 0.15) is 43.7 Å². The zero-order chi connectivity index (χ0) is 21.8. The second kappa shape index (κ2) is 9.48. The van der Waals surface area contributed by atoms with E-state index in [0.29, 0.717) is 19.1 Å². The van der Waals surface area contributed by atoms with Crippen molar-refractivity contribution < 1.29 is 4.74 Å². The maximum Gasteiger partial charge on any atom is 0.262 e. The monoisotopic (exact) mass is 432 g/mol. The SMILES string of the molecule is Cc1ccc(OCCCCn2cnc3scc(-c4ccc(C(C)C)cc4)c3c2=O)cc1. The van der Waals surface area contributed by atoms with Crippen molar-refractivity contribution in [3.05, 3.63) is 81.7 Å². The average Bonchev–Trinajstić information content (AvgIpc) is 3.21. The van der Waals surface area contributed by atoms with E-state index in [2.05, 4.69) is 50.0 Å². The molecule has 4 nitrogen and oxygen atoms in total.